The molecule has 0 fully saturated rings. The van der Waals surface area contributed by atoms with Crippen LogP contribution in [0.25, 0.3) is 0 Å². The highest BCUT2D eigenvalue weighted by Gasteiger charge is 2.13. The van der Waals surface area contributed by atoms with E-state index in [1.165, 1.54) is 24.8 Å². The molecule has 1 aliphatic carbocycles. The van der Waals surface area contributed by atoms with Crippen molar-refractivity contribution in [1.29, 1.82) is 0 Å². The maximum atomic E-state index is 4.30. The molecule has 3 heteroatoms. The number of hydrogen-bond acceptors (Lipinski definition) is 3. The summed E-state index contributed by atoms with van der Waals surface area (Å²) in [5.41, 5.74) is 7.51. The standard InChI is InChI=1S/C15H18N2S/c1-11(16-8-15-9-18-10-17-15)13-6-5-12-3-2-4-14(12)7-13/h5-7,9-11,16H,2-4,8H2,1H3. The Hall–Kier alpha value is -1.19. The van der Waals surface area contributed by atoms with Crippen molar-refractivity contribution in [2.75, 3.05) is 0 Å². The highest BCUT2D eigenvalue weighted by Crippen LogP contribution is 2.25. The van der Waals surface area contributed by atoms with Gasteiger partial charge in [-0.05, 0) is 42.9 Å². The Labute approximate surface area is 112 Å². The van der Waals surface area contributed by atoms with E-state index in [4.69, 9.17) is 0 Å². The van der Waals surface area contributed by atoms with E-state index in [9.17, 15) is 0 Å². The topological polar surface area (TPSA) is 24.9 Å². The molecule has 2 aromatic rings. The summed E-state index contributed by atoms with van der Waals surface area (Å²) in [6, 6.07) is 7.33. The Morgan fingerprint density at radius 3 is 3.06 bits per heavy atom. The predicted octanol–water partition coefficient (Wildman–Crippen LogP) is 3.48. The second kappa shape index (κ2) is 5.21. The molecule has 1 heterocycles. The molecule has 0 aliphatic heterocycles. The molecular formula is C15H18N2S. The second-order valence-electron chi connectivity index (χ2n) is 4.96. The monoisotopic (exact) mass is 258 g/mol. The fourth-order valence-corrected chi connectivity index (χ4v) is 3.12. The molecule has 0 amide bonds. The van der Waals surface area contributed by atoms with Gasteiger partial charge in [-0.3, -0.25) is 0 Å². The van der Waals surface area contributed by atoms with Crippen LogP contribution in [0.2, 0.25) is 0 Å². The Morgan fingerprint density at radius 2 is 2.22 bits per heavy atom. The maximum absolute atomic E-state index is 4.30. The molecule has 3 rings (SSSR count). The third-order valence-corrected chi connectivity index (χ3v) is 4.33. The number of nitrogens with one attached hydrogen (secondary N) is 1. The number of aromatic nitrogens is 1. The molecule has 0 saturated heterocycles. The minimum absolute atomic E-state index is 0.387. The normalized spacial score (nSPS) is 15.6. The fourth-order valence-electron chi connectivity index (χ4n) is 2.56. The van der Waals surface area contributed by atoms with Crippen LogP contribution in [0.4, 0.5) is 0 Å². The summed E-state index contributed by atoms with van der Waals surface area (Å²) in [6.07, 6.45) is 3.83. The quantitative estimate of drug-likeness (QED) is 0.908. The minimum Gasteiger partial charge on any atom is -0.305 e. The lowest BCUT2D eigenvalue weighted by atomic mass is 10.0. The van der Waals surface area contributed by atoms with Crippen molar-refractivity contribution in [3.05, 3.63) is 51.5 Å². The first kappa shape index (κ1) is 11.9. The van der Waals surface area contributed by atoms with Gasteiger partial charge in [0.05, 0.1) is 11.2 Å². The first-order valence-electron chi connectivity index (χ1n) is 6.55. The van der Waals surface area contributed by atoms with Crippen LogP contribution in [0.1, 0.15) is 41.8 Å². The summed E-state index contributed by atoms with van der Waals surface area (Å²) >= 11 is 1.65. The van der Waals surface area contributed by atoms with Crippen molar-refractivity contribution in [3.63, 3.8) is 0 Å². The van der Waals surface area contributed by atoms with Crippen LogP contribution in [-0.4, -0.2) is 4.98 Å². The van der Waals surface area contributed by atoms with E-state index in [1.54, 1.807) is 22.5 Å². The lowest BCUT2D eigenvalue weighted by Crippen LogP contribution is -2.18. The number of thiazole rings is 1. The van der Waals surface area contributed by atoms with E-state index in [0.717, 1.165) is 12.2 Å². The maximum Gasteiger partial charge on any atom is 0.0795 e. The largest absolute Gasteiger partial charge is 0.305 e. The number of fused-ring (bicyclic) bond motifs is 1. The van der Waals surface area contributed by atoms with E-state index < -0.39 is 0 Å². The van der Waals surface area contributed by atoms with Crippen LogP contribution in [0.5, 0.6) is 0 Å². The molecule has 1 N–H and O–H groups in total. The molecule has 0 spiro atoms. The van der Waals surface area contributed by atoms with Crippen LogP contribution in [-0.2, 0) is 19.4 Å². The summed E-state index contributed by atoms with van der Waals surface area (Å²) in [4.78, 5) is 4.30. The van der Waals surface area contributed by atoms with E-state index in [0.29, 0.717) is 6.04 Å². The van der Waals surface area contributed by atoms with Crippen molar-refractivity contribution in [2.24, 2.45) is 0 Å². The smallest absolute Gasteiger partial charge is 0.0795 e. The number of aryl methyl sites for hydroxylation is 2. The van der Waals surface area contributed by atoms with Gasteiger partial charge in [0.15, 0.2) is 0 Å². The lowest BCUT2D eigenvalue weighted by Gasteiger charge is -2.14. The molecule has 1 unspecified atom stereocenters. The first-order valence-corrected chi connectivity index (χ1v) is 7.49. The molecule has 1 atom stereocenters. The van der Waals surface area contributed by atoms with Crippen LogP contribution >= 0.6 is 11.3 Å². The van der Waals surface area contributed by atoms with Crippen LogP contribution in [0, 0.1) is 0 Å². The molecule has 1 aromatic carbocycles. The molecule has 2 nitrogen and oxygen atoms in total. The first-order chi connectivity index (χ1) is 8.83. The van der Waals surface area contributed by atoms with E-state index >= 15 is 0 Å². The summed E-state index contributed by atoms with van der Waals surface area (Å²) in [5, 5.41) is 5.64. The third kappa shape index (κ3) is 2.47. The average Bonchev–Trinajstić information content (AvgIpc) is 3.05. The van der Waals surface area contributed by atoms with Gasteiger partial charge in [-0.1, -0.05) is 18.2 Å². The molecule has 18 heavy (non-hydrogen) atoms. The average molecular weight is 258 g/mol. The van der Waals surface area contributed by atoms with Crippen LogP contribution in [0.3, 0.4) is 0 Å². The SMILES string of the molecule is CC(NCc1cscn1)c1ccc2c(c1)CCC2. The van der Waals surface area contributed by atoms with Crippen LogP contribution in [0.15, 0.2) is 29.1 Å². The zero-order valence-electron chi connectivity index (χ0n) is 10.6. The number of hydrogen-bond donors (Lipinski definition) is 1. The van der Waals surface area contributed by atoms with Gasteiger partial charge in [0.1, 0.15) is 0 Å². The molecular weight excluding hydrogens is 240 g/mol. The van der Waals surface area contributed by atoms with E-state index in [1.807, 2.05) is 5.51 Å². The predicted molar refractivity (Wildman–Crippen MR) is 75.8 cm³/mol. The van der Waals surface area contributed by atoms with Crippen molar-refractivity contribution < 1.29 is 0 Å². The van der Waals surface area contributed by atoms with Gasteiger partial charge in [-0.25, -0.2) is 4.98 Å². The van der Waals surface area contributed by atoms with Gasteiger partial charge >= 0.3 is 0 Å². The summed E-state index contributed by atoms with van der Waals surface area (Å²) in [7, 11) is 0. The van der Waals surface area contributed by atoms with Crippen LogP contribution < -0.4 is 5.32 Å². The molecule has 0 radical (unpaired) electrons. The highest BCUT2D eigenvalue weighted by atomic mass is 32.1. The molecule has 0 bridgehead atoms. The molecule has 1 aromatic heterocycles. The number of benzene rings is 1. The highest BCUT2D eigenvalue weighted by molar-refractivity contribution is 7.07. The van der Waals surface area contributed by atoms with Gasteiger partial charge in [0.25, 0.3) is 0 Å². The minimum atomic E-state index is 0.387. The zero-order valence-corrected chi connectivity index (χ0v) is 11.5. The molecule has 1 aliphatic rings. The number of nitrogens with zero attached hydrogens (tertiary/aromatic N) is 1. The van der Waals surface area contributed by atoms with Gasteiger partial charge in [0.2, 0.25) is 0 Å². The van der Waals surface area contributed by atoms with E-state index in [-0.39, 0.29) is 0 Å². The van der Waals surface area contributed by atoms with Crippen molar-refractivity contribution in [2.45, 2.75) is 38.8 Å². The summed E-state index contributed by atoms with van der Waals surface area (Å²) in [5.74, 6) is 0. The third-order valence-electron chi connectivity index (χ3n) is 3.70. The fraction of sp³-hybridized carbons (Fsp3) is 0.400. The van der Waals surface area contributed by atoms with Gasteiger partial charge in [-0.15, -0.1) is 11.3 Å². The summed E-state index contributed by atoms with van der Waals surface area (Å²) < 4.78 is 0. The lowest BCUT2D eigenvalue weighted by molar-refractivity contribution is 0.569. The Bertz CT molecular complexity index is 519. The van der Waals surface area contributed by atoms with Gasteiger partial charge in [0, 0.05) is 18.0 Å². The molecule has 0 saturated carbocycles. The zero-order chi connectivity index (χ0) is 12.4. The van der Waals surface area contributed by atoms with Crippen molar-refractivity contribution in [3.8, 4) is 0 Å². The van der Waals surface area contributed by atoms with E-state index in [2.05, 4.69) is 40.8 Å². The van der Waals surface area contributed by atoms with Crippen molar-refractivity contribution in [1.82, 2.24) is 10.3 Å². The Morgan fingerprint density at radius 1 is 1.33 bits per heavy atom. The Balaban J connectivity index is 1.67. The molecule has 94 valence electrons. The number of rotatable bonds is 4. The van der Waals surface area contributed by atoms with Gasteiger partial charge in [-0.2, -0.15) is 0 Å². The Kier molecular flexibility index (Phi) is 3.43. The van der Waals surface area contributed by atoms with Gasteiger partial charge < -0.3 is 5.32 Å². The second-order valence-corrected chi connectivity index (χ2v) is 5.68. The van der Waals surface area contributed by atoms with Crippen molar-refractivity contribution >= 4 is 11.3 Å². The summed E-state index contributed by atoms with van der Waals surface area (Å²) in [6.45, 7) is 3.07.